The molecule has 0 aliphatic heterocycles. The predicted octanol–water partition coefficient (Wildman–Crippen LogP) is 6.65. The molecule has 0 spiro atoms. The van der Waals surface area contributed by atoms with Gasteiger partial charge in [-0.2, -0.15) is 50.5 Å². The molecule has 0 bridgehead atoms. The molecule has 0 amide bonds. The molecule has 0 saturated carbocycles. The number of hydrogen-bond donors (Lipinski definition) is 4. The van der Waals surface area contributed by atoms with E-state index in [1.165, 1.54) is 25.7 Å². The van der Waals surface area contributed by atoms with Gasteiger partial charge in [0.05, 0.1) is 9.98 Å². The van der Waals surface area contributed by atoms with Crippen LogP contribution in [-0.2, 0) is 0 Å². The molecule has 0 radical (unpaired) electrons. The van der Waals surface area contributed by atoms with E-state index in [1.807, 2.05) is 0 Å². The molecule has 0 aliphatic rings. The average molecular weight is 529 g/mol. The third-order valence-electron chi connectivity index (χ3n) is 5.08. The van der Waals surface area contributed by atoms with Crippen molar-refractivity contribution < 1.29 is 0 Å². The van der Waals surface area contributed by atoms with Gasteiger partial charge in [-0.05, 0) is 100 Å². The maximum atomic E-state index is 5.78. The van der Waals surface area contributed by atoms with Crippen LogP contribution in [0.1, 0.15) is 77.0 Å². The van der Waals surface area contributed by atoms with Gasteiger partial charge in [-0.1, -0.05) is 24.4 Å². The highest BCUT2D eigenvalue weighted by Crippen LogP contribution is 2.12. The van der Waals surface area contributed by atoms with E-state index in [0.717, 1.165) is 111 Å². The van der Waals surface area contributed by atoms with Crippen LogP contribution in [0.3, 0.4) is 0 Å². The number of thiocarbonyl (C=S) groups is 2. The minimum atomic E-state index is 0.952. The molecule has 0 heterocycles. The van der Waals surface area contributed by atoms with Crippen molar-refractivity contribution in [2.45, 2.75) is 77.0 Å². The highest BCUT2D eigenvalue weighted by atomic mass is 32.1. The van der Waals surface area contributed by atoms with Crippen LogP contribution < -0.4 is 0 Å². The number of hydrogen-bond acceptors (Lipinski definition) is 6. The largest absolute Gasteiger partial charge is 0.366 e. The molecule has 0 rings (SSSR count). The molecule has 0 aromatic rings. The smallest absolute Gasteiger partial charge is 0.0779 e. The lowest BCUT2D eigenvalue weighted by molar-refractivity contribution is 0.393. The van der Waals surface area contributed by atoms with Crippen molar-refractivity contribution in [3.05, 3.63) is 0 Å². The first kappa shape index (κ1) is 31.2. The van der Waals surface area contributed by atoms with Crippen molar-refractivity contribution >= 4 is 84.9 Å². The van der Waals surface area contributed by atoms with E-state index in [2.05, 4.69) is 60.3 Å². The van der Waals surface area contributed by atoms with Gasteiger partial charge in [0.15, 0.2) is 0 Å². The van der Waals surface area contributed by atoms with Gasteiger partial charge < -0.3 is 9.80 Å². The van der Waals surface area contributed by atoms with Crippen LogP contribution in [0.15, 0.2) is 0 Å². The van der Waals surface area contributed by atoms with Gasteiger partial charge in [0.2, 0.25) is 0 Å². The van der Waals surface area contributed by atoms with E-state index in [1.54, 1.807) is 0 Å². The maximum Gasteiger partial charge on any atom is 0.0779 e. The van der Waals surface area contributed by atoms with Crippen LogP contribution in [0.2, 0.25) is 0 Å². The Morgan fingerprint density at radius 3 is 0.933 bits per heavy atom. The standard InChI is InChI=1S/C22H44N2S6/c25-17-7-3-13-23(14-4-8-18-26)21(29)11-1-2-12-22(30)24(15-5-9-19-27)16-6-10-20-28/h25-28H,1-20H2. The van der Waals surface area contributed by atoms with Crippen molar-refractivity contribution in [2.75, 3.05) is 49.2 Å². The Morgan fingerprint density at radius 2 is 0.700 bits per heavy atom. The fourth-order valence-electron chi connectivity index (χ4n) is 3.25. The summed E-state index contributed by atoms with van der Waals surface area (Å²) >= 11 is 28.9. The summed E-state index contributed by atoms with van der Waals surface area (Å²) in [5, 5.41) is 0. The predicted molar refractivity (Wildman–Crippen MR) is 159 cm³/mol. The lowest BCUT2D eigenvalue weighted by Gasteiger charge is -2.26. The topological polar surface area (TPSA) is 6.48 Å². The lowest BCUT2D eigenvalue weighted by atomic mass is 10.1. The van der Waals surface area contributed by atoms with E-state index in [-0.39, 0.29) is 0 Å². The molecule has 0 atom stereocenters. The summed E-state index contributed by atoms with van der Waals surface area (Å²) in [5.74, 6) is 3.81. The molecule has 178 valence electrons. The molecule has 2 nitrogen and oxygen atoms in total. The molecule has 0 aromatic heterocycles. The molecule has 8 heteroatoms. The van der Waals surface area contributed by atoms with Gasteiger partial charge >= 0.3 is 0 Å². The second-order valence-electron chi connectivity index (χ2n) is 7.69. The van der Waals surface area contributed by atoms with Crippen LogP contribution in [0.5, 0.6) is 0 Å². The second kappa shape index (κ2) is 23.3. The van der Waals surface area contributed by atoms with Crippen molar-refractivity contribution in [3.8, 4) is 0 Å². The highest BCUT2D eigenvalue weighted by Gasteiger charge is 2.11. The Bertz CT molecular complexity index is 364. The summed E-state index contributed by atoms with van der Waals surface area (Å²) in [6, 6.07) is 0. The quantitative estimate of drug-likeness (QED) is 0.0752. The zero-order valence-corrected chi connectivity index (χ0v) is 23.9. The molecule has 0 unspecified atom stereocenters. The second-order valence-corrected chi connectivity index (χ2v) is 10.4. The number of thiol groups is 4. The normalized spacial score (nSPS) is 10.9. The molecule has 0 saturated heterocycles. The zero-order chi connectivity index (χ0) is 22.5. The van der Waals surface area contributed by atoms with Crippen molar-refractivity contribution in [2.24, 2.45) is 0 Å². The number of rotatable bonds is 21. The van der Waals surface area contributed by atoms with E-state index < -0.39 is 0 Å². The summed E-state index contributed by atoms with van der Waals surface area (Å²) in [5.41, 5.74) is 0. The summed E-state index contributed by atoms with van der Waals surface area (Å²) in [6.07, 6.45) is 13.5. The van der Waals surface area contributed by atoms with Gasteiger partial charge in [-0.3, -0.25) is 0 Å². The van der Waals surface area contributed by atoms with Crippen LogP contribution >= 0.6 is 75.0 Å². The Labute approximate surface area is 219 Å². The first-order chi connectivity index (χ1) is 14.6. The number of unbranched alkanes of at least 4 members (excludes halogenated alkanes) is 5. The molecule has 0 aromatic carbocycles. The Balaban J connectivity index is 4.33. The minimum absolute atomic E-state index is 0.952. The monoisotopic (exact) mass is 528 g/mol. The molecule has 0 aliphatic carbocycles. The third kappa shape index (κ3) is 17.7. The average Bonchev–Trinajstić information content (AvgIpc) is 2.74. The van der Waals surface area contributed by atoms with Crippen LogP contribution in [-0.4, -0.2) is 69.0 Å². The lowest BCUT2D eigenvalue weighted by Crippen LogP contribution is -2.32. The minimum Gasteiger partial charge on any atom is -0.366 e. The molecular formula is C22H44N2S6. The van der Waals surface area contributed by atoms with Gasteiger partial charge in [0.25, 0.3) is 0 Å². The van der Waals surface area contributed by atoms with Crippen LogP contribution in [0.4, 0.5) is 0 Å². The Morgan fingerprint density at radius 1 is 0.433 bits per heavy atom. The zero-order valence-electron chi connectivity index (χ0n) is 18.6. The highest BCUT2D eigenvalue weighted by molar-refractivity contribution is 7.81. The fourth-order valence-corrected chi connectivity index (χ4v) is 4.80. The Kier molecular flexibility index (Phi) is 24.3. The summed E-state index contributed by atoms with van der Waals surface area (Å²) in [4.78, 5) is 7.08. The van der Waals surface area contributed by atoms with E-state index >= 15 is 0 Å². The van der Waals surface area contributed by atoms with Crippen molar-refractivity contribution in [1.82, 2.24) is 9.80 Å². The summed E-state index contributed by atoms with van der Waals surface area (Å²) < 4.78 is 0. The van der Waals surface area contributed by atoms with E-state index in [4.69, 9.17) is 24.4 Å². The number of nitrogens with zero attached hydrogens (tertiary/aromatic N) is 2. The summed E-state index contributed by atoms with van der Waals surface area (Å²) in [6.45, 7) is 4.26. The van der Waals surface area contributed by atoms with Crippen LogP contribution in [0.25, 0.3) is 0 Å². The van der Waals surface area contributed by atoms with Crippen LogP contribution in [0, 0.1) is 0 Å². The Hall–Kier alpha value is 1.18. The van der Waals surface area contributed by atoms with Gasteiger partial charge in [-0.25, -0.2) is 0 Å². The van der Waals surface area contributed by atoms with E-state index in [0.29, 0.717) is 0 Å². The fraction of sp³-hybridized carbons (Fsp3) is 0.909. The van der Waals surface area contributed by atoms with Gasteiger partial charge in [-0.15, -0.1) is 0 Å². The molecular weight excluding hydrogens is 485 g/mol. The van der Waals surface area contributed by atoms with Crippen molar-refractivity contribution in [1.29, 1.82) is 0 Å². The first-order valence-electron chi connectivity index (χ1n) is 11.6. The summed E-state index contributed by atoms with van der Waals surface area (Å²) in [7, 11) is 0. The van der Waals surface area contributed by atoms with Crippen molar-refractivity contribution in [3.63, 3.8) is 0 Å². The first-order valence-corrected chi connectivity index (χ1v) is 14.9. The molecule has 0 fully saturated rings. The third-order valence-corrected chi connectivity index (χ3v) is 7.27. The molecule has 0 N–H and O–H groups in total. The van der Waals surface area contributed by atoms with E-state index in [9.17, 15) is 0 Å². The maximum absolute atomic E-state index is 5.78. The van der Waals surface area contributed by atoms with Gasteiger partial charge in [0, 0.05) is 26.2 Å². The molecule has 30 heavy (non-hydrogen) atoms. The SMILES string of the molecule is S=C(CCCCC(=S)N(CCCCS)CCCCS)N(CCCCS)CCCCS. The van der Waals surface area contributed by atoms with Gasteiger partial charge in [0.1, 0.15) is 0 Å².